The number of piperidine rings is 1. The van der Waals surface area contributed by atoms with Crippen molar-refractivity contribution < 1.29 is 4.79 Å². The van der Waals surface area contributed by atoms with Gasteiger partial charge in [-0.05, 0) is 59.2 Å². The number of carbonyl (C=O) groups is 1. The molecule has 2 N–H and O–H groups in total. The number of amides is 1. The standard InChI is InChI=1S/C14H29N3O/c1-5-11(2)16-14(18)12(3)15-9-13-7-6-8-17(4)10-13/h11-13,15H,5-10H2,1-4H3,(H,16,18). The van der Waals surface area contributed by atoms with Gasteiger partial charge in [0, 0.05) is 12.6 Å². The molecular weight excluding hydrogens is 226 g/mol. The van der Waals surface area contributed by atoms with Crippen LogP contribution in [0.3, 0.4) is 0 Å². The Hall–Kier alpha value is -0.610. The number of likely N-dealkylation sites (tertiary alicyclic amines) is 1. The van der Waals surface area contributed by atoms with Gasteiger partial charge in [0.15, 0.2) is 0 Å². The molecule has 1 amide bonds. The van der Waals surface area contributed by atoms with Gasteiger partial charge in [0.25, 0.3) is 0 Å². The van der Waals surface area contributed by atoms with Gasteiger partial charge >= 0.3 is 0 Å². The van der Waals surface area contributed by atoms with E-state index in [4.69, 9.17) is 0 Å². The molecular formula is C14H29N3O. The van der Waals surface area contributed by atoms with Crippen molar-refractivity contribution in [3.63, 3.8) is 0 Å². The van der Waals surface area contributed by atoms with Gasteiger partial charge in [-0.25, -0.2) is 0 Å². The Kier molecular flexibility index (Phi) is 6.65. The van der Waals surface area contributed by atoms with Gasteiger partial charge in [0.2, 0.25) is 5.91 Å². The summed E-state index contributed by atoms with van der Waals surface area (Å²) in [7, 11) is 2.17. The number of nitrogens with zero attached hydrogens (tertiary/aromatic N) is 1. The second kappa shape index (κ2) is 7.74. The van der Waals surface area contributed by atoms with Gasteiger partial charge in [-0.15, -0.1) is 0 Å². The van der Waals surface area contributed by atoms with E-state index in [1.54, 1.807) is 0 Å². The predicted octanol–water partition coefficient (Wildman–Crippen LogP) is 1.22. The van der Waals surface area contributed by atoms with Crippen LogP contribution in [-0.2, 0) is 4.79 Å². The maximum absolute atomic E-state index is 11.9. The SMILES string of the molecule is CCC(C)NC(=O)C(C)NCC1CCCN(C)C1. The molecule has 0 aromatic rings. The quantitative estimate of drug-likeness (QED) is 0.750. The summed E-state index contributed by atoms with van der Waals surface area (Å²) in [6.45, 7) is 9.37. The first-order chi connectivity index (χ1) is 8.52. The minimum atomic E-state index is -0.0915. The molecule has 4 nitrogen and oxygen atoms in total. The van der Waals surface area contributed by atoms with Gasteiger partial charge in [-0.1, -0.05) is 6.92 Å². The van der Waals surface area contributed by atoms with E-state index in [1.165, 1.54) is 19.4 Å². The fourth-order valence-corrected chi connectivity index (χ4v) is 2.35. The average Bonchev–Trinajstić information content (AvgIpc) is 2.35. The van der Waals surface area contributed by atoms with Crippen LogP contribution in [0.15, 0.2) is 0 Å². The molecule has 3 unspecified atom stereocenters. The molecule has 1 fully saturated rings. The summed E-state index contributed by atoms with van der Waals surface area (Å²) >= 11 is 0. The Morgan fingerprint density at radius 3 is 2.78 bits per heavy atom. The highest BCUT2D eigenvalue weighted by atomic mass is 16.2. The maximum atomic E-state index is 11.9. The van der Waals surface area contributed by atoms with Gasteiger partial charge in [-0.2, -0.15) is 0 Å². The van der Waals surface area contributed by atoms with E-state index in [1.807, 2.05) is 13.8 Å². The molecule has 106 valence electrons. The monoisotopic (exact) mass is 255 g/mol. The van der Waals surface area contributed by atoms with Gasteiger partial charge in [-0.3, -0.25) is 4.79 Å². The van der Waals surface area contributed by atoms with Gasteiger partial charge in [0.05, 0.1) is 6.04 Å². The molecule has 0 aromatic carbocycles. The lowest BCUT2D eigenvalue weighted by Crippen LogP contribution is -2.47. The van der Waals surface area contributed by atoms with Crippen molar-refractivity contribution in [2.24, 2.45) is 5.92 Å². The van der Waals surface area contributed by atoms with Crippen LogP contribution in [0.1, 0.15) is 40.0 Å². The van der Waals surface area contributed by atoms with Crippen molar-refractivity contribution in [2.75, 3.05) is 26.7 Å². The largest absolute Gasteiger partial charge is 0.352 e. The molecule has 0 bridgehead atoms. The zero-order valence-corrected chi connectivity index (χ0v) is 12.3. The fourth-order valence-electron chi connectivity index (χ4n) is 2.35. The Bertz CT molecular complexity index is 257. The lowest BCUT2D eigenvalue weighted by Gasteiger charge is -2.30. The zero-order chi connectivity index (χ0) is 13.5. The molecule has 0 radical (unpaired) electrons. The van der Waals surface area contributed by atoms with Crippen LogP contribution in [-0.4, -0.2) is 49.6 Å². The van der Waals surface area contributed by atoms with Crippen LogP contribution in [0, 0.1) is 5.92 Å². The molecule has 0 saturated carbocycles. The topological polar surface area (TPSA) is 44.4 Å². The average molecular weight is 255 g/mol. The summed E-state index contributed by atoms with van der Waals surface area (Å²) in [4.78, 5) is 14.2. The third kappa shape index (κ3) is 5.36. The summed E-state index contributed by atoms with van der Waals surface area (Å²) in [6.07, 6.45) is 3.53. The van der Waals surface area contributed by atoms with Crippen LogP contribution in [0.25, 0.3) is 0 Å². The normalized spacial score (nSPS) is 24.6. The Morgan fingerprint density at radius 2 is 2.17 bits per heavy atom. The molecule has 1 aliphatic rings. The minimum absolute atomic E-state index is 0.0915. The number of hydrogen-bond donors (Lipinski definition) is 2. The van der Waals surface area contributed by atoms with E-state index in [0.29, 0.717) is 5.92 Å². The maximum Gasteiger partial charge on any atom is 0.237 e. The highest BCUT2D eigenvalue weighted by molar-refractivity contribution is 5.81. The first-order valence-corrected chi connectivity index (χ1v) is 7.25. The van der Waals surface area contributed by atoms with Crippen molar-refractivity contribution in [2.45, 2.75) is 52.1 Å². The fraction of sp³-hybridized carbons (Fsp3) is 0.929. The zero-order valence-electron chi connectivity index (χ0n) is 12.3. The first-order valence-electron chi connectivity index (χ1n) is 7.25. The van der Waals surface area contributed by atoms with Crippen molar-refractivity contribution >= 4 is 5.91 Å². The first kappa shape index (κ1) is 15.4. The Morgan fingerprint density at radius 1 is 1.44 bits per heavy atom. The summed E-state index contributed by atoms with van der Waals surface area (Å²) in [6, 6.07) is 0.175. The second-order valence-electron chi connectivity index (χ2n) is 5.72. The molecule has 1 heterocycles. The van der Waals surface area contributed by atoms with Gasteiger partial charge < -0.3 is 15.5 Å². The third-order valence-corrected chi connectivity index (χ3v) is 3.83. The minimum Gasteiger partial charge on any atom is -0.352 e. The van der Waals surface area contributed by atoms with Crippen LogP contribution in [0.2, 0.25) is 0 Å². The Balaban J connectivity index is 2.23. The van der Waals surface area contributed by atoms with Gasteiger partial charge in [0.1, 0.15) is 0 Å². The highest BCUT2D eigenvalue weighted by Crippen LogP contribution is 2.13. The lowest BCUT2D eigenvalue weighted by atomic mass is 9.98. The van der Waals surface area contributed by atoms with Crippen molar-refractivity contribution in [1.29, 1.82) is 0 Å². The molecule has 0 aromatic heterocycles. The molecule has 1 saturated heterocycles. The third-order valence-electron chi connectivity index (χ3n) is 3.83. The Labute approximate surface area is 111 Å². The summed E-state index contributed by atoms with van der Waals surface area (Å²) in [5.74, 6) is 0.802. The molecule has 1 aliphatic heterocycles. The molecule has 1 rings (SSSR count). The molecule has 4 heteroatoms. The van der Waals surface area contributed by atoms with E-state index in [2.05, 4.69) is 29.5 Å². The van der Waals surface area contributed by atoms with Crippen LogP contribution in [0.5, 0.6) is 0 Å². The molecule has 18 heavy (non-hydrogen) atoms. The van der Waals surface area contributed by atoms with E-state index in [-0.39, 0.29) is 18.0 Å². The van der Waals surface area contributed by atoms with Crippen molar-refractivity contribution in [1.82, 2.24) is 15.5 Å². The van der Waals surface area contributed by atoms with E-state index >= 15 is 0 Å². The van der Waals surface area contributed by atoms with Crippen LogP contribution in [0.4, 0.5) is 0 Å². The van der Waals surface area contributed by atoms with E-state index < -0.39 is 0 Å². The summed E-state index contributed by atoms with van der Waals surface area (Å²) in [5.41, 5.74) is 0. The van der Waals surface area contributed by atoms with Crippen molar-refractivity contribution in [3.8, 4) is 0 Å². The lowest BCUT2D eigenvalue weighted by molar-refractivity contribution is -0.123. The smallest absolute Gasteiger partial charge is 0.237 e. The molecule has 0 aliphatic carbocycles. The van der Waals surface area contributed by atoms with E-state index in [0.717, 1.165) is 19.5 Å². The highest BCUT2D eigenvalue weighted by Gasteiger charge is 2.19. The van der Waals surface area contributed by atoms with Crippen molar-refractivity contribution in [3.05, 3.63) is 0 Å². The number of rotatable bonds is 6. The van der Waals surface area contributed by atoms with Crippen LogP contribution >= 0.6 is 0 Å². The number of hydrogen-bond acceptors (Lipinski definition) is 3. The molecule has 0 spiro atoms. The second-order valence-corrected chi connectivity index (χ2v) is 5.72. The summed E-state index contributed by atoms with van der Waals surface area (Å²) < 4.78 is 0. The number of carbonyl (C=O) groups excluding carboxylic acids is 1. The summed E-state index contributed by atoms with van der Waals surface area (Å²) in [5, 5.41) is 6.38. The molecule has 3 atom stereocenters. The van der Waals surface area contributed by atoms with Crippen LogP contribution < -0.4 is 10.6 Å². The number of nitrogens with one attached hydrogen (secondary N) is 2. The predicted molar refractivity (Wildman–Crippen MR) is 75.6 cm³/mol. The van der Waals surface area contributed by atoms with E-state index in [9.17, 15) is 4.79 Å².